The quantitative estimate of drug-likeness (QED) is 0.597. The van der Waals surface area contributed by atoms with Crippen LogP contribution in [0.5, 0.6) is 0 Å². The van der Waals surface area contributed by atoms with Crippen LogP contribution >= 0.6 is 0 Å². The maximum atomic E-state index is 12.4. The zero-order valence-electron chi connectivity index (χ0n) is 16.4. The van der Waals surface area contributed by atoms with Gasteiger partial charge in [-0.15, -0.1) is 0 Å². The van der Waals surface area contributed by atoms with Gasteiger partial charge in [0, 0.05) is 32.4 Å². The summed E-state index contributed by atoms with van der Waals surface area (Å²) in [7, 11) is 5.81. The Morgan fingerprint density at radius 3 is 2.26 bits per heavy atom. The Bertz CT molecular complexity index is 832. The minimum Gasteiger partial charge on any atom is -0.378 e. The summed E-state index contributed by atoms with van der Waals surface area (Å²) < 4.78 is 0. The van der Waals surface area contributed by atoms with Gasteiger partial charge in [0.25, 0.3) is 5.69 Å². The summed E-state index contributed by atoms with van der Waals surface area (Å²) in [4.78, 5) is 27.1. The lowest BCUT2D eigenvalue weighted by Crippen LogP contribution is -2.30. The van der Waals surface area contributed by atoms with Gasteiger partial charge < -0.3 is 10.2 Å². The molecule has 0 bridgehead atoms. The van der Waals surface area contributed by atoms with Crippen molar-refractivity contribution in [1.29, 1.82) is 0 Å². The Hall–Kier alpha value is -2.93. The predicted molar refractivity (Wildman–Crippen MR) is 108 cm³/mol. The Morgan fingerprint density at radius 1 is 1.07 bits per heavy atom. The molecule has 0 spiro atoms. The summed E-state index contributed by atoms with van der Waals surface area (Å²) in [6.07, 6.45) is 0. The van der Waals surface area contributed by atoms with Crippen molar-refractivity contribution in [2.75, 3.05) is 37.9 Å². The summed E-state index contributed by atoms with van der Waals surface area (Å²) in [6.45, 7) is 4.38. The number of likely N-dealkylation sites (N-methyl/N-ethyl adjacent to an activating group) is 1. The first-order valence-corrected chi connectivity index (χ1v) is 8.68. The van der Waals surface area contributed by atoms with E-state index in [0.29, 0.717) is 12.1 Å². The SMILES string of the molecule is Cc1ccc([N+](=O)[O-])c(NC(=O)CN(C)Cc2ccc(N(C)C)cc2)c1C. The second-order valence-electron chi connectivity index (χ2n) is 6.94. The molecule has 0 aliphatic heterocycles. The zero-order valence-corrected chi connectivity index (χ0v) is 16.4. The number of amides is 1. The number of nitrogens with zero attached hydrogens (tertiary/aromatic N) is 3. The highest BCUT2D eigenvalue weighted by atomic mass is 16.6. The Kier molecular flexibility index (Phi) is 6.52. The minimum atomic E-state index is -0.474. The number of aryl methyl sites for hydroxylation is 1. The minimum absolute atomic E-state index is 0.0895. The molecule has 0 aromatic heterocycles. The van der Waals surface area contributed by atoms with E-state index in [1.54, 1.807) is 13.0 Å². The fourth-order valence-corrected chi connectivity index (χ4v) is 2.80. The molecular weight excluding hydrogens is 344 g/mol. The van der Waals surface area contributed by atoms with E-state index in [9.17, 15) is 14.9 Å². The standard InChI is InChI=1S/C20H26N4O3/c1-14-6-11-18(24(26)27)20(15(14)2)21-19(25)13-23(5)12-16-7-9-17(10-8-16)22(3)4/h6-11H,12-13H2,1-5H3,(H,21,25). The maximum Gasteiger partial charge on any atom is 0.293 e. The molecule has 2 aromatic carbocycles. The fraction of sp³-hybridized carbons (Fsp3) is 0.350. The van der Waals surface area contributed by atoms with Crippen LogP contribution in [-0.2, 0) is 11.3 Å². The lowest BCUT2D eigenvalue weighted by atomic mass is 10.1. The van der Waals surface area contributed by atoms with Gasteiger partial charge in [0.05, 0.1) is 11.5 Å². The lowest BCUT2D eigenvalue weighted by Gasteiger charge is -2.18. The number of hydrogen-bond donors (Lipinski definition) is 1. The molecule has 0 saturated heterocycles. The molecule has 2 aromatic rings. The van der Waals surface area contributed by atoms with E-state index in [2.05, 4.69) is 5.32 Å². The first-order chi connectivity index (χ1) is 12.7. The molecular formula is C20H26N4O3. The Balaban J connectivity index is 2.03. The number of benzene rings is 2. The van der Waals surface area contributed by atoms with E-state index in [4.69, 9.17) is 0 Å². The number of carbonyl (C=O) groups is 1. The normalized spacial score (nSPS) is 10.7. The molecule has 0 saturated carbocycles. The molecule has 0 atom stereocenters. The van der Waals surface area contributed by atoms with Crippen LogP contribution in [-0.4, -0.2) is 43.4 Å². The van der Waals surface area contributed by atoms with Gasteiger partial charge in [0.15, 0.2) is 0 Å². The molecule has 27 heavy (non-hydrogen) atoms. The molecule has 144 valence electrons. The van der Waals surface area contributed by atoms with Crippen LogP contribution in [0.25, 0.3) is 0 Å². The molecule has 7 nitrogen and oxygen atoms in total. The number of anilines is 2. The number of nitro groups is 1. The fourth-order valence-electron chi connectivity index (χ4n) is 2.80. The van der Waals surface area contributed by atoms with Gasteiger partial charge in [-0.2, -0.15) is 0 Å². The third kappa shape index (κ3) is 5.27. The lowest BCUT2D eigenvalue weighted by molar-refractivity contribution is -0.384. The molecule has 7 heteroatoms. The summed E-state index contributed by atoms with van der Waals surface area (Å²) in [5, 5.41) is 14.0. The van der Waals surface area contributed by atoms with E-state index >= 15 is 0 Å². The van der Waals surface area contributed by atoms with Crippen LogP contribution in [0.3, 0.4) is 0 Å². The molecule has 2 rings (SSSR count). The van der Waals surface area contributed by atoms with Crippen LogP contribution in [0.15, 0.2) is 36.4 Å². The van der Waals surface area contributed by atoms with E-state index in [1.807, 2.05) is 62.1 Å². The van der Waals surface area contributed by atoms with Crippen molar-refractivity contribution in [1.82, 2.24) is 4.90 Å². The highest BCUT2D eigenvalue weighted by Gasteiger charge is 2.20. The van der Waals surface area contributed by atoms with Crippen LogP contribution in [0, 0.1) is 24.0 Å². The largest absolute Gasteiger partial charge is 0.378 e. The third-order valence-corrected chi connectivity index (χ3v) is 4.49. The molecule has 0 heterocycles. The first-order valence-electron chi connectivity index (χ1n) is 8.68. The van der Waals surface area contributed by atoms with Gasteiger partial charge >= 0.3 is 0 Å². The van der Waals surface area contributed by atoms with Crippen molar-refractivity contribution in [3.63, 3.8) is 0 Å². The van der Waals surface area contributed by atoms with Crippen molar-refractivity contribution >= 4 is 23.0 Å². The molecule has 0 radical (unpaired) electrons. The average molecular weight is 370 g/mol. The Morgan fingerprint density at radius 2 is 1.70 bits per heavy atom. The number of nitro benzene ring substituents is 1. The van der Waals surface area contributed by atoms with Crippen molar-refractivity contribution < 1.29 is 9.72 Å². The van der Waals surface area contributed by atoms with Gasteiger partial charge in [0.2, 0.25) is 5.91 Å². The molecule has 1 amide bonds. The van der Waals surface area contributed by atoms with Crippen molar-refractivity contribution in [3.05, 3.63) is 63.2 Å². The van der Waals surface area contributed by atoms with Crippen molar-refractivity contribution in [2.24, 2.45) is 0 Å². The van der Waals surface area contributed by atoms with Crippen LogP contribution in [0.4, 0.5) is 17.1 Å². The Labute approximate surface area is 159 Å². The van der Waals surface area contributed by atoms with Crippen LogP contribution in [0.1, 0.15) is 16.7 Å². The average Bonchev–Trinajstić information content (AvgIpc) is 2.59. The number of hydrogen-bond acceptors (Lipinski definition) is 5. The molecule has 0 aliphatic rings. The summed E-state index contributed by atoms with van der Waals surface area (Å²) >= 11 is 0. The summed E-state index contributed by atoms with van der Waals surface area (Å²) in [5.41, 5.74) is 3.99. The molecule has 0 unspecified atom stereocenters. The van der Waals surface area contributed by atoms with Gasteiger partial charge in [-0.1, -0.05) is 18.2 Å². The van der Waals surface area contributed by atoms with Gasteiger partial charge in [-0.3, -0.25) is 19.8 Å². The number of rotatable bonds is 7. The van der Waals surface area contributed by atoms with E-state index in [0.717, 1.165) is 16.8 Å². The molecule has 0 fully saturated rings. The third-order valence-electron chi connectivity index (χ3n) is 4.49. The smallest absolute Gasteiger partial charge is 0.293 e. The zero-order chi connectivity index (χ0) is 20.1. The van der Waals surface area contributed by atoms with E-state index in [1.165, 1.54) is 6.07 Å². The van der Waals surface area contributed by atoms with E-state index < -0.39 is 4.92 Å². The monoisotopic (exact) mass is 370 g/mol. The second-order valence-corrected chi connectivity index (χ2v) is 6.94. The highest BCUT2D eigenvalue weighted by Crippen LogP contribution is 2.30. The first kappa shape index (κ1) is 20.4. The number of nitrogens with one attached hydrogen (secondary N) is 1. The van der Waals surface area contributed by atoms with Gasteiger partial charge in [-0.25, -0.2) is 0 Å². The highest BCUT2D eigenvalue weighted by molar-refractivity contribution is 5.95. The van der Waals surface area contributed by atoms with Gasteiger partial charge in [0.1, 0.15) is 5.69 Å². The molecule has 0 aliphatic carbocycles. The maximum absolute atomic E-state index is 12.4. The van der Waals surface area contributed by atoms with Crippen molar-refractivity contribution in [2.45, 2.75) is 20.4 Å². The summed E-state index contributed by atoms with van der Waals surface area (Å²) in [6, 6.07) is 11.2. The van der Waals surface area contributed by atoms with Crippen LogP contribution in [0.2, 0.25) is 0 Å². The second kappa shape index (κ2) is 8.64. The molecule has 1 N–H and O–H groups in total. The van der Waals surface area contributed by atoms with Gasteiger partial charge in [-0.05, 0) is 49.7 Å². The predicted octanol–water partition coefficient (Wildman–Crippen LogP) is 3.35. The van der Waals surface area contributed by atoms with Crippen molar-refractivity contribution in [3.8, 4) is 0 Å². The van der Waals surface area contributed by atoms with E-state index in [-0.39, 0.29) is 23.8 Å². The number of carbonyl (C=O) groups excluding carboxylic acids is 1. The van der Waals surface area contributed by atoms with Crippen LogP contribution < -0.4 is 10.2 Å². The topological polar surface area (TPSA) is 78.7 Å². The summed E-state index contributed by atoms with van der Waals surface area (Å²) in [5.74, 6) is -0.279.